The molecular formula is C10H7F3N2O5S. The zero-order valence-corrected chi connectivity index (χ0v) is 11.1. The van der Waals surface area contributed by atoms with Crippen molar-refractivity contribution in [2.75, 3.05) is 7.11 Å². The molecule has 1 aromatic rings. The van der Waals surface area contributed by atoms with Gasteiger partial charge < -0.3 is 4.74 Å². The number of alkyl halides is 3. The van der Waals surface area contributed by atoms with Gasteiger partial charge in [0.05, 0.1) is 7.11 Å². The van der Waals surface area contributed by atoms with Gasteiger partial charge in [0.15, 0.2) is 5.71 Å². The standard InChI is InChI=1S/C10H7F3N2O5S/c1-18-8-4-2-7(3-5-8)9(6-14)15-20-21(16,17)19-10(11,12)13/h2-5H,1H3. The number of halogens is 3. The molecule has 7 nitrogen and oxygen atoms in total. The van der Waals surface area contributed by atoms with Crippen LogP contribution in [0.5, 0.6) is 5.75 Å². The molecule has 0 N–H and O–H groups in total. The minimum absolute atomic E-state index is 0.112. The topological polar surface area (TPSA) is 98.0 Å². The maximum absolute atomic E-state index is 11.8. The summed E-state index contributed by atoms with van der Waals surface area (Å²) >= 11 is 0. The van der Waals surface area contributed by atoms with Crippen molar-refractivity contribution in [1.29, 1.82) is 5.26 Å². The minimum atomic E-state index is -5.46. The lowest BCUT2D eigenvalue weighted by Crippen LogP contribution is -2.20. The molecule has 1 rings (SSSR count). The first-order valence-electron chi connectivity index (χ1n) is 5.00. The van der Waals surface area contributed by atoms with E-state index in [1.807, 2.05) is 0 Å². The van der Waals surface area contributed by atoms with Crippen LogP contribution >= 0.6 is 0 Å². The average molecular weight is 324 g/mol. The molecule has 114 valence electrons. The highest BCUT2D eigenvalue weighted by Gasteiger charge is 2.38. The van der Waals surface area contributed by atoms with Gasteiger partial charge >= 0.3 is 16.8 Å². The number of benzene rings is 1. The molecule has 0 radical (unpaired) electrons. The second-order valence-corrected chi connectivity index (χ2v) is 4.42. The largest absolute Gasteiger partial charge is 0.539 e. The van der Waals surface area contributed by atoms with E-state index in [0.717, 1.165) is 0 Å². The highest BCUT2D eigenvalue weighted by molar-refractivity contribution is 7.81. The third-order valence-electron chi connectivity index (χ3n) is 1.89. The first kappa shape index (κ1) is 16.7. The number of nitriles is 1. The monoisotopic (exact) mass is 324 g/mol. The van der Waals surface area contributed by atoms with Crippen LogP contribution in [0.4, 0.5) is 13.2 Å². The van der Waals surface area contributed by atoms with Crippen LogP contribution < -0.4 is 4.74 Å². The molecule has 0 aromatic heterocycles. The maximum Gasteiger partial charge on any atom is 0.539 e. The summed E-state index contributed by atoms with van der Waals surface area (Å²) in [5, 5.41) is 11.6. The van der Waals surface area contributed by atoms with Crippen LogP contribution in [0.3, 0.4) is 0 Å². The highest BCUT2D eigenvalue weighted by Crippen LogP contribution is 2.20. The van der Waals surface area contributed by atoms with E-state index in [1.54, 1.807) is 0 Å². The summed E-state index contributed by atoms with van der Waals surface area (Å²) < 4.78 is 68.1. The SMILES string of the molecule is COc1ccc(C(C#N)=NOS(=O)(=O)OC(F)(F)F)cc1. The minimum Gasteiger partial charge on any atom is -0.497 e. The molecule has 0 aliphatic heterocycles. The molecule has 0 unspecified atom stereocenters. The summed E-state index contributed by atoms with van der Waals surface area (Å²) in [6.45, 7) is 0. The molecule has 0 amide bonds. The van der Waals surface area contributed by atoms with Crippen molar-refractivity contribution < 1.29 is 34.8 Å². The first-order chi connectivity index (χ1) is 9.67. The first-order valence-corrected chi connectivity index (χ1v) is 6.33. The van der Waals surface area contributed by atoms with Crippen LogP contribution in [-0.2, 0) is 18.9 Å². The van der Waals surface area contributed by atoms with E-state index in [4.69, 9.17) is 10.00 Å². The zero-order valence-electron chi connectivity index (χ0n) is 10.3. The second kappa shape index (κ2) is 6.42. The Morgan fingerprint density at radius 1 is 1.29 bits per heavy atom. The lowest BCUT2D eigenvalue weighted by Gasteiger charge is -2.05. The number of hydrogen-bond acceptors (Lipinski definition) is 7. The molecule has 0 saturated heterocycles. The molecule has 0 saturated carbocycles. The maximum atomic E-state index is 11.8. The fourth-order valence-corrected chi connectivity index (χ4v) is 1.53. The van der Waals surface area contributed by atoms with Crippen molar-refractivity contribution in [3.05, 3.63) is 29.8 Å². The van der Waals surface area contributed by atoms with Crippen LogP contribution in [-0.4, -0.2) is 27.6 Å². The Labute approximate surface area is 117 Å². The van der Waals surface area contributed by atoms with E-state index >= 15 is 0 Å². The molecule has 0 atom stereocenters. The van der Waals surface area contributed by atoms with E-state index in [0.29, 0.717) is 5.75 Å². The van der Waals surface area contributed by atoms with Gasteiger partial charge in [-0.25, -0.2) is 4.28 Å². The van der Waals surface area contributed by atoms with Gasteiger partial charge in [0.2, 0.25) is 0 Å². The third kappa shape index (κ3) is 5.67. The van der Waals surface area contributed by atoms with E-state index in [2.05, 4.69) is 13.6 Å². The Bertz CT molecular complexity index is 661. The van der Waals surface area contributed by atoms with Crippen molar-refractivity contribution in [3.63, 3.8) is 0 Å². The summed E-state index contributed by atoms with van der Waals surface area (Å²) in [5.41, 5.74) is -0.451. The average Bonchev–Trinajstić information content (AvgIpc) is 2.37. The molecular weight excluding hydrogens is 317 g/mol. The molecule has 21 heavy (non-hydrogen) atoms. The van der Waals surface area contributed by atoms with E-state index in [1.165, 1.54) is 37.4 Å². The molecule has 1 aromatic carbocycles. The number of rotatable bonds is 5. The lowest BCUT2D eigenvalue weighted by atomic mass is 10.1. The predicted molar refractivity (Wildman–Crippen MR) is 62.3 cm³/mol. The highest BCUT2D eigenvalue weighted by atomic mass is 32.3. The van der Waals surface area contributed by atoms with Gasteiger partial charge in [-0.05, 0) is 24.3 Å². The van der Waals surface area contributed by atoms with Crippen molar-refractivity contribution in [2.45, 2.75) is 6.36 Å². The molecule has 0 bridgehead atoms. The van der Waals surface area contributed by atoms with Crippen molar-refractivity contribution >= 4 is 16.1 Å². The third-order valence-corrected chi connectivity index (χ3v) is 2.54. The molecule has 0 heterocycles. The van der Waals surface area contributed by atoms with Crippen LogP contribution in [0, 0.1) is 11.3 Å². The van der Waals surface area contributed by atoms with Gasteiger partial charge in [0, 0.05) is 5.56 Å². The van der Waals surface area contributed by atoms with Gasteiger partial charge in [-0.1, -0.05) is 5.16 Å². The summed E-state index contributed by atoms with van der Waals surface area (Å²) in [6.07, 6.45) is -5.46. The van der Waals surface area contributed by atoms with E-state index in [9.17, 15) is 21.6 Å². The Hall–Kier alpha value is -2.32. The molecule has 0 aliphatic carbocycles. The molecule has 0 aliphatic rings. The summed E-state index contributed by atoms with van der Waals surface area (Å²) in [7, 11) is -4.05. The van der Waals surface area contributed by atoms with Gasteiger partial charge in [-0.2, -0.15) is 13.7 Å². The van der Waals surface area contributed by atoms with Gasteiger partial charge in [-0.3, -0.25) is 0 Å². The normalized spacial score (nSPS) is 12.6. The zero-order chi connectivity index (χ0) is 16.1. The van der Waals surface area contributed by atoms with Crippen LogP contribution in [0.15, 0.2) is 29.4 Å². The van der Waals surface area contributed by atoms with E-state index < -0.39 is 22.5 Å². The lowest BCUT2D eigenvalue weighted by molar-refractivity contribution is -0.275. The molecule has 0 spiro atoms. The Balaban J connectivity index is 2.92. The number of nitrogens with zero attached hydrogens (tertiary/aromatic N) is 2. The van der Waals surface area contributed by atoms with Crippen molar-refractivity contribution in [2.24, 2.45) is 5.16 Å². The fourth-order valence-electron chi connectivity index (χ4n) is 1.10. The Morgan fingerprint density at radius 2 is 1.86 bits per heavy atom. The number of oxime groups is 1. The number of hydrogen-bond donors (Lipinski definition) is 0. The summed E-state index contributed by atoms with van der Waals surface area (Å²) in [5.74, 6) is 0.449. The van der Waals surface area contributed by atoms with E-state index in [-0.39, 0.29) is 5.56 Å². The van der Waals surface area contributed by atoms with Gasteiger partial charge in [0.1, 0.15) is 11.8 Å². The van der Waals surface area contributed by atoms with Crippen molar-refractivity contribution in [1.82, 2.24) is 0 Å². The van der Waals surface area contributed by atoms with Crippen LogP contribution in [0.25, 0.3) is 0 Å². The molecule has 11 heteroatoms. The van der Waals surface area contributed by atoms with Gasteiger partial charge in [-0.15, -0.1) is 17.4 Å². The Kier molecular flexibility index (Phi) is 5.12. The second-order valence-electron chi connectivity index (χ2n) is 3.29. The van der Waals surface area contributed by atoms with Crippen LogP contribution in [0.2, 0.25) is 0 Å². The number of ether oxygens (including phenoxy) is 1. The predicted octanol–water partition coefficient (Wildman–Crippen LogP) is 1.72. The fraction of sp³-hybridized carbons (Fsp3) is 0.200. The van der Waals surface area contributed by atoms with Crippen LogP contribution in [0.1, 0.15) is 5.56 Å². The number of methoxy groups -OCH3 is 1. The Morgan fingerprint density at radius 3 is 2.29 bits per heavy atom. The summed E-state index contributed by atoms with van der Waals surface area (Å²) in [6, 6.07) is 7.01. The van der Waals surface area contributed by atoms with Crippen molar-refractivity contribution in [3.8, 4) is 11.8 Å². The van der Waals surface area contributed by atoms with Gasteiger partial charge in [0.25, 0.3) is 0 Å². The molecule has 0 fully saturated rings. The quantitative estimate of drug-likeness (QED) is 0.604. The smallest absolute Gasteiger partial charge is 0.497 e. The summed E-state index contributed by atoms with van der Waals surface area (Å²) in [4.78, 5) is 0.